The molecular formula is C26H23BrN2O4. The average Bonchev–Trinajstić information content (AvgIpc) is 2.97. The Bertz CT molecular complexity index is 1320. The molecule has 0 aliphatic carbocycles. The Morgan fingerprint density at radius 1 is 1.09 bits per heavy atom. The molecule has 0 saturated heterocycles. The van der Waals surface area contributed by atoms with E-state index >= 15 is 0 Å². The van der Waals surface area contributed by atoms with Crippen molar-refractivity contribution in [2.24, 2.45) is 0 Å². The van der Waals surface area contributed by atoms with Crippen LogP contribution in [0.25, 0.3) is 17.2 Å². The number of ether oxygens (including phenoxy) is 2. The van der Waals surface area contributed by atoms with Crippen molar-refractivity contribution in [1.29, 1.82) is 0 Å². The van der Waals surface area contributed by atoms with Crippen LogP contribution >= 0.6 is 15.9 Å². The summed E-state index contributed by atoms with van der Waals surface area (Å²) in [6.07, 6.45) is 3.88. The number of nitro groups is 1. The minimum atomic E-state index is -0.833. The number of hydrogen-bond acceptors (Lipinski definition) is 5. The van der Waals surface area contributed by atoms with Crippen molar-refractivity contribution in [3.63, 3.8) is 0 Å². The van der Waals surface area contributed by atoms with Crippen LogP contribution in [0.15, 0.2) is 65.1 Å². The number of fused-ring (bicyclic) bond motifs is 2. The van der Waals surface area contributed by atoms with Gasteiger partial charge in [0, 0.05) is 18.3 Å². The third-order valence-electron chi connectivity index (χ3n) is 6.88. The second-order valence-electron chi connectivity index (χ2n) is 8.83. The number of anilines is 1. The first-order valence-electron chi connectivity index (χ1n) is 10.6. The minimum absolute atomic E-state index is 0.0652. The third kappa shape index (κ3) is 2.92. The van der Waals surface area contributed by atoms with Crippen LogP contribution in [-0.2, 0) is 5.41 Å². The van der Waals surface area contributed by atoms with Gasteiger partial charge in [-0.05, 0) is 70.8 Å². The van der Waals surface area contributed by atoms with Crippen molar-refractivity contribution in [2.45, 2.75) is 25.0 Å². The van der Waals surface area contributed by atoms with Gasteiger partial charge in [0.05, 0.1) is 23.5 Å². The Labute approximate surface area is 200 Å². The van der Waals surface area contributed by atoms with Crippen molar-refractivity contribution in [3.8, 4) is 22.6 Å². The zero-order valence-electron chi connectivity index (χ0n) is 18.8. The Balaban J connectivity index is 1.66. The van der Waals surface area contributed by atoms with Crippen LogP contribution in [0.4, 0.5) is 11.4 Å². The van der Waals surface area contributed by atoms with E-state index in [2.05, 4.69) is 65.0 Å². The Morgan fingerprint density at radius 2 is 1.82 bits per heavy atom. The molecule has 3 aromatic carbocycles. The smallest absolute Gasteiger partial charge is 0.288 e. The fourth-order valence-corrected chi connectivity index (χ4v) is 5.57. The summed E-state index contributed by atoms with van der Waals surface area (Å²) in [6, 6.07) is 18.2. The fourth-order valence-electron chi connectivity index (χ4n) is 4.99. The molecule has 0 bridgehead atoms. The highest BCUT2D eigenvalue weighted by molar-refractivity contribution is 9.10. The van der Waals surface area contributed by atoms with Crippen LogP contribution in [-0.4, -0.2) is 24.8 Å². The number of benzene rings is 3. The maximum atomic E-state index is 11.5. The molecule has 0 aromatic heterocycles. The molecule has 7 heteroatoms. The third-order valence-corrected chi connectivity index (χ3v) is 7.71. The molecule has 1 spiro atoms. The van der Waals surface area contributed by atoms with Gasteiger partial charge >= 0.3 is 0 Å². The van der Waals surface area contributed by atoms with E-state index in [1.54, 1.807) is 0 Å². The van der Waals surface area contributed by atoms with E-state index in [-0.39, 0.29) is 5.69 Å². The molecule has 0 radical (unpaired) electrons. The van der Waals surface area contributed by atoms with Gasteiger partial charge in [0.15, 0.2) is 11.5 Å². The molecule has 2 heterocycles. The maximum absolute atomic E-state index is 11.5. The summed E-state index contributed by atoms with van der Waals surface area (Å²) < 4.78 is 12.6. The average molecular weight is 507 g/mol. The van der Waals surface area contributed by atoms with Gasteiger partial charge < -0.3 is 14.4 Å². The first-order chi connectivity index (χ1) is 15.7. The molecule has 2 aliphatic heterocycles. The number of methoxy groups -OCH3 is 1. The summed E-state index contributed by atoms with van der Waals surface area (Å²) in [7, 11) is 3.50. The number of nitrogens with zero attached hydrogens (tertiary/aromatic N) is 2. The van der Waals surface area contributed by atoms with E-state index in [0.717, 1.165) is 16.8 Å². The lowest BCUT2D eigenvalue weighted by atomic mass is 9.76. The lowest BCUT2D eigenvalue weighted by molar-refractivity contribution is -0.385. The van der Waals surface area contributed by atoms with Gasteiger partial charge in [0.1, 0.15) is 4.47 Å². The van der Waals surface area contributed by atoms with E-state index < -0.39 is 16.1 Å². The summed E-state index contributed by atoms with van der Waals surface area (Å²) >= 11 is 3.39. The van der Waals surface area contributed by atoms with Gasteiger partial charge in [-0.1, -0.05) is 36.4 Å². The quantitative estimate of drug-likeness (QED) is 0.297. The Hall–Kier alpha value is -3.32. The number of nitro benzene ring substituents is 1. The molecule has 168 valence electrons. The Morgan fingerprint density at radius 3 is 2.48 bits per heavy atom. The van der Waals surface area contributed by atoms with Crippen molar-refractivity contribution in [3.05, 3.63) is 86.4 Å². The van der Waals surface area contributed by atoms with Crippen LogP contribution in [0.5, 0.6) is 11.5 Å². The zero-order valence-corrected chi connectivity index (χ0v) is 20.3. The molecule has 1 unspecified atom stereocenters. The van der Waals surface area contributed by atoms with Crippen molar-refractivity contribution >= 4 is 33.4 Å². The monoisotopic (exact) mass is 506 g/mol. The molecular weight excluding hydrogens is 484 g/mol. The van der Waals surface area contributed by atoms with Crippen LogP contribution in [0.2, 0.25) is 0 Å². The molecule has 1 atom stereocenters. The minimum Gasteiger partial charge on any atom is -0.493 e. The molecule has 3 aromatic rings. The van der Waals surface area contributed by atoms with Gasteiger partial charge in [0.2, 0.25) is 5.72 Å². The van der Waals surface area contributed by atoms with E-state index in [1.807, 2.05) is 37.4 Å². The highest BCUT2D eigenvalue weighted by Gasteiger charge is 2.58. The van der Waals surface area contributed by atoms with Gasteiger partial charge in [-0.3, -0.25) is 10.1 Å². The largest absolute Gasteiger partial charge is 0.493 e. The van der Waals surface area contributed by atoms with E-state index in [1.165, 1.54) is 18.7 Å². The molecule has 6 nitrogen and oxygen atoms in total. The SMILES string of the molecule is COc1cc([N+](=O)[O-])c(Br)c2c1OC1(C=C2)N(C)c2ccc(-c3ccccc3)cc2C1(C)C. The number of likely N-dealkylation sites (N-methyl/N-ethyl adjacent to an activating group) is 1. The van der Waals surface area contributed by atoms with Crippen LogP contribution in [0.3, 0.4) is 0 Å². The van der Waals surface area contributed by atoms with Crippen LogP contribution < -0.4 is 14.4 Å². The summed E-state index contributed by atoms with van der Waals surface area (Å²) in [4.78, 5) is 13.2. The molecule has 0 fully saturated rings. The van der Waals surface area contributed by atoms with E-state index in [4.69, 9.17) is 9.47 Å². The number of halogens is 1. The van der Waals surface area contributed by atoms with Crippen molar-refractivity contribution in [2.75, 3.05) is 19.1 Å². The summed E-state index contributed by atoms with van der Waals surface area (Å²) in [5, 5.41) is 11.5. The van der Waals surface area contributed by atoms with E-state index in [9.17, 15) is 10.1 Å². The normalized spacial score (nSPS) is 19.7. The van der Waals surface area contributed by atoms with Gasteiger partial charge in [-0.25, -0.2) is 0 Å². The molecule has 0 N–H and O–H groups in total. The van der Waals surface area contributed by atoms with Gasteiger partial charge in [-0.15, -0.1) is 0 Å². The lowest BCUT2D eigenvalue weighted by Gasteiger charge is -2.46. The van der Waals surface area contributed by atoms with Gasteiger partial charge in [0.25, 0.3) is 5.69 Å². The number of hydrogen-bond donors (Lipinski definition) is 0. The topological polar surface area (TPSA) is 64.8 Å². The molecule has 33 heavy (non-hydrogen) atoms. The predicted molar refractivity (Wildman–Crippen MR) is 133 cm³/mol. The first kappa shape index (κ1) is 21.5. The van der Waals surface area contributed by atoms with E-state index in [0.29, 0.717) is 21.5 Å². The Kier molecular flexibility index (Phi) is 4.79. The number of rotatable bonds is 3. The molecule has 2 aliphatic rings. The fraction of sp³-hybridized carbons (Fsp3) is 0.231. The van der Waals surface area contributed by atoms with Crippen LogP contribution in [0.1, 0.15) is 25.0 Å². The second-order valence-corrected chi connectivity index (χ2v) is 9.62. The van der Waals surface area contributed by atoms with Crippen LogP contribution in [0, 0.1) is 10.1 Å². The summed E-state index contributed by atoms with van der Waals surface area (Å²) in [6.45, 7) is 4.32. The standard InChI is InChI=1S/C26H23BrN2O4/c1-25(2)19-14-17(16-8-6-5-7-9-16)10-11-20(19)28(3)26(25)13-12-18-23(27)21(29(30)31)15-22(32-4)24(18)33-26/h5-15H,1-4H3. The zero-order chi connectivity index (χ0) is 23.5. The highest BCUT2D eigenvalue weighted by atomic mass is 79.9. The van der Waals surface area contributed by atoms with Crippen molar-refractivity contribution in [1.82, 2.24) is 0 Å². The highest BCUT2D eigenvalue weighted by Crippen LogP contribution is 2.57. The molecule has 0 saturated carbocycles. The van der Waals surface area contributed by atoms with Crippen molar-refractivity contribution < 1.29 is 14.4 Å². The molecule has 0 amide bonds. The summed E-state index contributed by atoms with van der Waals surface area (Å²) in [5.74, 6) is 0.808. The maximum Gasteiger partial charge on any atom is 0.288 e. The predicted octanol–water partition coefficient (Wildman–Crippen LogP) is 6.56. The second kappa shape index (κ2) is 7.35. The summed E-state index contributed by atoms with van der Waals surface area (Å²) in [5.41, 5.74) is 3.80. The first-order valence-corrected chi connectivity index (χ1v) is 11.4. The molecule has 5 rings (SSSR count). The van der Waals surface area contributed by atoms with Gasteiger partial charge in [-0.2, -0.15) is 0 Å². The lowest BCUT2D eigenvalue weighted by Crippen LogP contribution is -2.58.